The molecular formula is C23H30N2O2. The smallest absolute Gasteiger partial charge is 0.263 e. The summed E-state index contributed by atoms with van der Waals surface area (Å²) in [5, 5.41) is 0. The van der Waals surface area contributed by atoms with Crippen molar-refractivity contribution in [1.82, 2.24) is 9.80 Å². The number of hydrogen-bond acceptors (Lipinski definition) is 3. The van der Waals surface area contributed by atoms with Crippen LogP contribution in [0.15, 0.2) is 48.5 Å². The molecule has 0 saturated carbocycles. The van der Waals surface area contributed by atoms with Crippen molar-refractivity contribution in [1.29, 1.82) is 0 Å². The lowest BCUT2D eigenvalue weighted by molar-refractivity contribution is -0.140. The second-order valence-corrected chi connectivity index (χ2v) is 7.37. The molecule has 0 N–H and O–H groups in total. The second kappa shape index (κ2) is 9.05. The van der Waals surface area contributed by atoms with E-state index in [4.69, 9.17) is 4.74 Å². The number of aryl methyl sites for hydroxylation is 2. The number of rotatable bonds is 6. The molecule has 0 bridgehead atoms. The number of amides is 1. The predicted octanol–water partition coefficient (Wildman–Crippen LogP) is 3.81. The Bertz CT molecular complexity index is 752. The summed E-state index contributed by atoms with van der Waals surface area (Å²) in [6.45, 7) is 10.4. The Balaban J connectivity index is 1.55. The third-order valence-electron chi connectivity index (χ3n) is 5.18. The highest BCUT2D eigenvalue weighted by molar-refractivity contribution is 5.81. The van der Waals surface area contributed by atoms with Crippen LogP contribution in [0.5, 0.6) is 5.75 Å². The zero-order valence-electron chi connectivity index (χ0n) is 16.6. The molecule has 1 amide bonds. The lowest BCUT2D eigenvalue weighted by Crippen LogP contribution is -2.52. The second-order valence-electron chi connectivity index (χ2n) is 7.37. The molecule has 0 spiro atoms. The highest BCUT2D eigenvalue weighted by Gasteiger charge is 2.28. The molecule has 4 nitrogen and oxygen atoms in total. The van der Waals surface area contributed by atoms with Crippen LogP contribution >= 0.6 is 0 Å². The van der Waals surface area contributed by atoms with Gasteiger partial charge in [0, 0.05) is 32.7 Å². The van der Waals surface area contributed by atoms with Crippen molar-refractivity contribution in [2.45, 2.75) is 39.8 Å². The first-order valence-electron chi connectivity index (χ1n) is 9.85. The lowest BCUT2D eigenvalue weighted by atomic mass is 10.1. The number of nitrogens with zero attached hydrogens (tertiary/aromatic N) is 2. The fourth-order valence-electron chi connectivity index (χ4n) is 3.56. The number of ether oxygens (including phenoxy) is 1. The van der Waals surface area contributed by atoms with Gasteiger partial charge in [0.1, 0.15) is 5.75 Å². The normalized spacial score (nSPS) is 16.2. The maximum atomic E-state index is 13.0. The van der Waals surface area contributed by atoms with Gasteiger partial charge in [-0.15, -0.1) is 0 Å². The highest BCUT2D eigenvalue weighted by atomic mass is 16.5. The highest BCUT2D eigenvalue weighted by Crippen LogP contribution is 2.22. The van der Waals surface area contributed by atoms with Crippen molar-refractivity contribution in [3.05, 3.63) is 65.2 Å². The van der Waals surface area contributed by atoms with Crippen molar-refractivity contribution >= 4 is 5.91 Å². The molecule has 3 rings (SSSR count). The minimum Gasteiger partial charge on any atom is -0.480 e. The maximum Gasteiger partial charge on any atom is 0.263 e. The van der Waals surface area contributed by atoms with Crippen LogP contribution in [0.4, 0.5) is 0 Å². The number of piperazine rings is 1. The van der Waals surface area contributed by atoms with Crippen molar-refractivity contribution in [2.75, 3.05) is 26.2 Å². The van der Waals surface area contributed by atoms with Crippen LogP contribution < -0.4 is 4.74 Å². The monoisotopic (exact) mass is 366 g/mol. The van der Waals surface area contributed by atoms with Crippen molar-refractivity contribution in [2.24, 2.45) is 0 Å². The van der Waals surface area contributed by atoms with Crippen LogP contribution in [0.1, 0.15) is 30.0 Å². The summed E-state index contributed by atoms with van der Waals surface area (Å²) in [6, 6.07) is 16.6. The van der Waals surface area contributed by atoms with Gasteiger partial charge < -0.3 is 9.64 Å². The molecule has 1 heterocycles. The SMILES string of the molecule is CCC(Oc1ccc(C)cc1C)C(=O)N1CCN(Cc2ccccc2)CC1. The Morgan fingerprint density at radius 2 is 1.74 bits per heavy atom. The standard InChI is InChI=1S/C23H30N2O2/c1-4-21(27-22-11-10-18(2)16-19(22)3)23(26)25-14-12-24(13-15-25)17-20-8-6-5-7-9-20/h5-11,16,21H,4,12-15,17H2,1-3H3. The van der Waals surface area contributed by atoms with Crippen LogP contribution in [0.3, 0.4) is 0 Å². The van der Waals surface area contributed by atoms with Crippen LogP contribution in [-0.4, -0.2) is 48.0 Å². The number of carbonyl (C=O) groups is 1. The third-order valence-corrected chi connectivity index (χ3v) is 5.18. The summed E-state index contributed by atoms with van der Waals surface area (Å²) in [5.41, 5.74) is 3.60. The molecule has 1 aliphatic rings. The summed E-state index contributed by atoms with van der Waals surface area (Å²) in [5.74, 6) is 0.917. The van der Waals surface area contributed by atoms with Crippen molar-refractivity contribution in [3.63, 3.8) is 0 Å². The van der Waals surface area contributed by atoms with E-state index in [0.717, 1.165) is 44.0 Å². The van der Waals surface area contributed by atoms with Gasteiger partial charge >= 0.3 is 0 Å². The van der Waals surface area contributed by atoms with E-state index in [9.17, 15) is 4.79 Å². The van der Waals surface area contributed by atoms with Crippen molar-refractivity contribution < 1.29 is 9.53 Å². The molecule has 144 valence electrons. The number of carbonyl (C=O) groups excluding carboxylic acids is 1. The third kappa shape index (κ3) is 5.10. The van der Waals surface area contributed by atoms with E-state index in [-0.39, 0.29) is 5.91 Å². The van der Waals surface area contributed by atoms with Crippen LogP contribution in [0, 0.1) is 13.8 Å². The molecule has 1 unspecified atom stereocenters. The van der Waals surface area contributed by atoms with Crippen molar-refractivity contribution in [3.8, 4) is 5.75 Å². The first-order valence-corrected chi connectivity index (χ1v) is 9.85. The molecule has 0 radical (unpaired) electrons. The first-order chi connectivity index (χ1) is 13.1. The van der Waals surface area contributed by atoms with E-state index < -0.39 is 6.10 Å². The predicted molar refractivity (Wildman–Crippen MR) is 109 cm³/mol. The van der Waals surface area contributed by atoms with Crippen LogP contribution in [-0.2, 0) is 11.3 Å². The minimum atomic E-state index is -0.410. The molecule has 27 heavy (non-hydrogen) atoms. The molecule has 1 atom stereocenters. The van der Waals surface area contributed by atoms with E-state index >= 15 is 0 Å². The van der Waals surface area contributed by atoms with Gasteiger partial charge in [-0.1, -0.05) is 55.0 Å². The summed E-state index contributed by atoms with van der Waals surface area (Å²) in [7, 11) is 0. The van der Waals surface area contributed by atoms with Gasteiger partial charge in [-0.25, -0.2) is 0 Å². The largest absolute Gasteiger partial charge is 0.480 e. The van der Waals surface area contributed by atoms with Gasteiger partial charge in [0.05, 0.1) is 0 Å². The summed E-state index contributed by atoms with van der Waals surface area (Å²) >= 11 is 0. The van der Waals surface area contributed by atoms with Gasteiger partial charge in [0.25, 0.3) is 5.91 Å². The zero-order valence-corrected chi connectivity index (χ0v) is 16.6. The average Bonchev–Trinajstić information content (AvgIpc) is 2.68. The van der Waals surface area contributed by atoms with Gasteiger partial charge in [0.2, 0.25) is 0 Å². The fraction of sp³-hybridized carbons (Fsp3) is 0.435. The summed E-state index contributed by atoms with van der Waals surface area (Å²) in [4.78, 5) is 17.3. The topological polar surface area (TPSA) is 32.8 Å². The molecule has 2 aromatic carbocycles. The Hall–Kier alpha value is -2.33. The van der Waals surface area contributed by atoms with Gasteiger partial charge in [-0.05, 0) is 37.5 Å². The molecular weight excluding hydrogens is 336 g/mol. The summed E-state index contributed by atoms with van der Waals surface area (Å²) < 4.78 is 6.08. The molecule has 1 saturated heterocycles. The lowest BCUT2D eigenvalue weighted by Gasteiger charge is -2.36. The Kier molecular flexibility index (Phi) is 6.51. The number of hydrogen-bond donors (Lipinski definition) is 0. The van der Waals surface area contributed by atoms with E-state index in [1.165, 1.54) is 11.1 Å². The minimum absolute atomic E-state index is 0.108. The van der Waals surface area contributed by atoms with Gasteiger partial charge in [0.15, 0.2) is 6.10 Å². The molecule has 1 aliphatic heterocycles. The number of benzene rings is 2. The molecule has 1 fully saturated rings. The Morgan fingerprint density at radius 3 is 2.37 bits per heavy atom. The van der Waals surface area contributed by atoms with Gasteiger partial charge in [-0.2, -0.15) is 0 Å². The molecule has 2 aromatic rings. The summed E-state index contributed by atoms with van der Waals surface area (Å²) in [6.07, 6.45) is 0.267. The quantitative estimate of drug-likeness (QED) is 0.779. The van der Waals surface area contributed by atoms with E-state index in [2.05, 4.69) is 42.2 Å². The Labute approximate surface area is 162 Å². The van der Waals surface area contributed by atoms with Crippen LogP contribution in [0.25, 0.3) is 0 Å². The van der Waals surface area contributed by atoms with Crippen LogP contribution in [0.2, 0.25) is 0 Å². The van der Waals surface area contributed by atoms with Gasteiger partial charge in [-0.3, -0.25) is 9.69 Å². The average molecular weight is 367 g/mol. The Morgan fingerprint density at radius 1 is 1.04 bits per heavy atom. The maximum absolute atomic E-state index is 13.0. The fourth-order valence-corrected chi connectivity index (χ4v) is 3.56. The first kappa shape index (κ1) is 19.4. The molecule has 4 heteroatoms. The van der Waals surface area contributed by atoms with E-state index in [0.29, 0.717) is 6.42 Å². The molecule has 0 aliphatic carbocycles. The molecule has 0 aromatic heterocycles. The zero-order chi connectivity index (χ0) is 19.2. The van der Waals surface area contributed by atoms with E-state index in [1.54, 1.807) is 0 Å². The van der Waals surface area contributed by atoms with E-state index in [1.807, 2.05) is 36.9 Å².